The van der Waals surface area contributed by atoms with Crippen LogP contribution in [0.25, 0.3) is 0 Å². The Morgan fingerprint density at radius 2 is 1.58 bits per heavy atom. The van der Waals surface area contributed by atoms with Gasteiger partial charge in [-0.15, -0.1) is 0 Å². The third-order valence-electron chi connectivity index (χ3n) is 4.45. The smallest absolute Gasteiger partial charge is 0.220 e. The topological polar surface area (TPSA) is 29.1 Å². The van der Waals surface area contributed by atoms with Crippen molar-refractivity contribution >= 4 is 5.91 Å². The zero-order chi connectivity index (χ0) is 18.9. The minimum atomic E-state index is 0.220. The maximum Gasteiger partial charge on any atom is 0.220 e. The molecule has 0 saturated heterocycles. The van der Waals surface area contributed by atoms with Crippen molar-refractivity contribution < 1.29 is 4.79 Å². The molecule has 0 aromatic carbocycles. The molecule has 0 aliphatic heterocycles. The molecule has 0 radical (unpaired) electrons. The fraction of sp³-hybridized carbons (Fsp3) is 0.625. The molecule has 1 aliphatic carbocycles. The number of amides is 1. The van der Waals surface area contributed by atoms with Gasteiger partial charge in [-0.1, -0.05) is 75.3 Å². The van der Waals surface area contributed by atoms with Crippen molar-refractivity contribution in [1.82, 2.24) is 5.32 Å². The van der Waals surface area contributed by atoms with Crippen LogP contribution in [-0.4, -0.2) is 11.9 Å². The molecule has 1 atom stereocenters. The first-order chi connectivity index (χ1) is 12.7. The molecule has 0 bridgehead atoms. The number of hydrogen-bond acceptors (Lipinski definition) is 1. The molecule has 1 amide bonds. The van der Waals surface area contributed by atoms with Gasteiger partial charge in [0.2, 0.25) is 5.91 Å². The minimum absolute atomic E-state index is 0.220. The van der Waals surface area contributed by atoms with E-state index in [1.165, 1.54) is 38.5 Å². The van der Waals surface area contributed by atoms with Gasteiger partial charge in [-0.05, 0) is 57.3 Å². The number of unbranched alkanes of at least 4 members (excludes halogenated alkanes) is 4. The molecule has 0 spiro atoms. The van der Waals surface area contributed by atoms with Gasteiger partial charge in [0.05, 0.1) is 0 Å². The lowest BCUT2D eigenvalue weighted by molar-refractivity contribution is -0.121. The summed E-state index contributed by atoms with van der Waals surface area (Å²) >= 11 is 0. The highest BCUT2D eigenvalue weighted by Crippen LogP contribution is 2.18. The lowest BCUT2D eigenvalue weighted by atomic mass is 10.1. The zero-order valence-corrected chi connectivity index (χ0v) is 17.0. The lowest BCUT2D eigenvalue weighted by Crippen LogP contribution is -2.24. The first-order valence-corrected chi connectivity index (χ1v) is 10.6. The minimum Gasteiger partial charge on any atom is -0.353 e. The number of carbonyl (C=O) groups excluding carboxylic acids is 1. The maximum atomic E-state index is 11.5. The molecular weight excluding hydrogens is 318 g/mol. The van der Waals surface area contributed by atoms with E-state index >= 15 is 0 Å². The van der Waals surface area contributed by atoms with E-state index in [-0.39, 0.29) is 5.91 Å². The first-order valence-electron chi connectivity index (χ1n) is 10.6. The molecule has 0 unspecified atom stereocenters. The predicted octanol–water partition coefficient (Wildman–Crippen LogP) is 6.66. The first kappa shape index (κ1) is 22.5. The van der Waals surface area contributed by atoms with Crippen LogP contribution in [0.2, 0.25) is 0 Å². The lowest BCUT2D eigenvalue weighted by Gasteiger charge is -2.00. The summed E-state index contributed by atoms with van der Waals surface area (Å²) in [5.74, 6) is 0.750. The van der Waals surface area contributed by atoms with Crippen LogP contribution in [0.3, 0.4) is 0 Å². The fourth-order valence-electron chi connectivity index (χ4n) is 2.65. The molecule has 146 valence electrons. The fourth-order valence-corrected chi connectivity index (χ4v) is 2.65. The second kappa shape index (κ2) is 15.7. The molecule has 1 saturated carbocycles. The van der Waals surface area contributed by atoms with E-state index in [9.17, 15) is 4.79 Å². The normalized spacial score (nSPS) is 16.4. The Labute approximate surface area is 161 Å². The summed E-state index contributed by atoms with van der Waals surface area (Å²) in [4.78, 5) is 11.5. The van der Waals surface area contributed by atoms with Crippen LogP contribution in [0.15, 0.2) is 48.6 Å². The van der Waals surface area contributed by atoms with E-state index < -0.39 is 0 Å². The number of rotatable bonds is 15. The van der Waals surface area contributed by atoms with E-state index in [0.717, 1.165) is 25.7 Å². The van der Waals surface area contributed by atoms with Gasteiger partial charge < -0.3 is 5.32 Å². The molecule has 1 fully saturated rings. The Kier molecular flexibility index (Phi) is 13.5. The quantitative estimate of drug-likeness (QED) is 0.258. The van der Waals surface area contributed by atoms with Crippen LogP contribution in [0.5, 0.6) is 0 Å². The second-order valence-electron chi connectivity index (χ2n) is 7.36. The maximum absolute atomic E-state index is 11.5. The third kappa shape index (κ3) is 14.7. The highest BCUT2D eigenvalue weighted by Gasteiger charge is 2.22. The standard InChI is InChI=1S/C24H39NO/c1-3-4-5-11-14-17-22(2)18-15-12-9-7-6-8-10-13-16-19-24(26)25-23-20-21-23/h7-10,14-15,17-18,22-23H,3-6,11-13,16,19-21H2,1-2H3,(H,25,26)/b9-7-,10-8-,17-14-,18-15-/t22-/m0/s1. The van der Waals surface area contributed by atoms with Crippen LogP contribution in [-0.2, 0) is 4.79 Å². The van der Waals surface area contributed by atoms with Crippen LogP contribution in [0, 0.1) is 5.92 Å². The number of hydrogen-bond donors (Lipinski definition) is 1. The average Bonchev–Trinajstić information content (AvgIpc) is 3.43. The summed E-state index contributed by atoms with van der Waals surface area (Å²) in [6, 6.07) is 0.488. The third-order valence-corrected chi connectivity index (χ3v) is 4.45. The molecule has 1 rings (SSSR count). The molecule has 26 heavy (non-hydrogen) atoms. The molecule has 1 N–H and O–H groups in total. The molecule has 1 aliphatic rings. The van der Waals surface area contributed by atoms with Gasteiger partial charge in [0.1, 0.15) is 0 Å². The second-order valence-corrected chi connectivity index (χ2v) is 7.36. The molecular formula is C24H39NO. The molecule has 2 heteroatoms. The van der Waals surface area contributed by atoms with Crippen molar-refractivity contribution in [3.8, 4) is 0 Å². The van der Waals surface area contributed by atoms with Crippen molar-refractivity contribution in [2.24, 2.45) is 5.92 Å². The molecule has 2 nitrogen and oxygen atoms in total. The van der Waals surface area contributed by atoms with Crippen molar-refractivity contribution in [2.75, 3.05) is 0 Å². The van der Waals surface area contributed by atoms with E-state index in [1.807, 2.05) is 0 Å². The van der Waals surface area contributed by atoms with Gasteiger partial charge in [-0.3, -0.25) is 4.79 Å². The Morgan fingerprint density at radius 1 is 0.923 bits per heavy atom. The van der Waals surface area contributed by atoms with Crippen LogP contribution in [0.4, 0.5) is 0 Å². The largest absolute Gasteiger partial charge is 0.353 e. The monoisotopic (exact) mass is 357 g/mol. The van der Waals surface area contributed by atoms with E-state index in [4.69, 9.17) is 0 Å². The number of nitrogens with one attached hydrogen (secondary N) is 1. The summed E-state index contributed by atoms with van der Waals surface area (Å²) in [5.41, 5.74) is 0. The van der Waals surface area contributed by atoms with Gasteiger partial charge >= 0.3 is 0 Å². The summed E-state index contributed by atoms with van der Waals surface area (Å²) in [7, 11) is 0. The molecule has 0 heterocycles. The Hall–Kier alpha value is -1.57. The van der Waals surface area contributed by atoms with Gasteiger partial charge in [0.15, 0.2) is 0 Å². The SMILES string of the molecule is CCCCC/C=C\[C@H](C)/C=C\C/C=C\C/C=C\CCCC(=O)NC1CC1. The average molecular weight is 358 g/mol. The van der Waals surface area contributed by atoms with Crippen LogP contribution >= 0.6 is 0 Å². The van der Waals surface area contributed by atoms with E-state index in [0.29, 0.717) is 18.4 Å². The van der Waals surface area contributed by atoms with Gasteiger partial charge in [-0.2, -0.15) is 0 Å². The number of allylic oxidation sites excluding steroid dienone is 8. The van der Waals surface area contributed by atoms with E-state index in [2.05, 4.69) is 67.8 Å². The summed E-state index contributed by atoms with van der Waals surface area (Å²) in [6.45, 7) is 4.49. The summed E-state index contributed by atoms with van der Waals surface area (Å²) in [6.07, 6.45) is 30.1. The van der Waals surface area contributed by atoms with Gasteiger partial charge in [0.25, 0.3) is 0 Å². The van der Waals surface area contributed by atoms with Crippen molar-refractivity contribution in [3.05, 3.63) is 48.6 Å². The Bertz CT molecular complexity index is 469. The van der Waals surface area contributed by atoms with Crippen molar-refractivity contribution in [1.29, 1.82) is 0 Å². The Balaban J connectivity index is 1.94. The van der Waals surface area contributed by atoms with Crippen LogP contribution in [0.1, 0.15) is 84.5 Å². The van der Waals surface area contributed by atoms with Crippen molar-refractivity contribution in [2.45, 2.75) is 90.5 Å². The summed E-state index contributed by atoms with van der Waals surface area (Å²) < 4.78 is 0. The van der Waals surface area contributed by atoms with Crippen LogP contribution < -0.4 is 5.32 Å². The van der Waals surface area contributed by atoms with Gasteiger partial charge in [0, 0.05) is 12.5 Å². The van der Waals surface area contributed by atoms with Gasteiger partial charge in [-0.25, -0.2) is 0 Å². The molecule has 0 aromatic heterocycles. The number of carbonyl (C=O) groups is 1. The predicted molar refractivity (Wildman–Crippen MR) is 114 cm³/mol. The highest BCUT2D eigenvalue weighted by atomic mass is 16.1. The van der Waals surface area contributed by atoms with E-state index in [1.54, 1.807) is 0 Å². The van der Waals surface area contributed by atoms with Crippen molar-refractivity contribution in [3.63, 3.8) is 0 Å². The zero-order valence-electron chi connectivity index (χ0n) is 17.0. The Morgan fingerprint density at radius 3 is 2.31 bits per heavy atom. The molecule has 0 aromatic rings. The highest BCUT2D eigenvalue weighted by molar-refractivity contribution is 5.76. The summed E-state index contributed by atoms with van der Waals surface area (Å²) in [5, 5.41) is 3.03.